The van der Waals surface area contributed by atoms with Crippen molar-refractivity contribution in [3.8, 4) is 11.6 Å². The van der Waals surface area contributed by atoms with Gasteiger partial charge in [0.25, 0.3) is 0 Å². The summed E-state index contributed by atoms with van der Waals surface area (Å²) in [5.74, 6) is 1.27. The van der Waals surface area contributed by atoms with Crippen LogP contribution in [0.25, 0.3) is 10.8 Å². The van der Waals surface area contributed by atoms with Crippen LogP contribution in [0, 0.1) is 6.92 Å². The van der Waals surface area contributed by atoms with Crippen LogP contribution in [0.2, 0.25) is 0 Å². The maximum absolute atomic E-state index is 5.96. The first-order chi connectivity index (χ1) is 9.24. The third-order valence-corrected chi connectivity index (χ3v) is 2.91. The van der Waals surface area contributed by atoms with E-state index < -0.39 is 0 Å². The second kappa shape index (κ2) is 4.57. The number of ether oxygens (including phenoxy) is 1. The van der Waals surface area contributed by atoms with Gasteiger partial charge in [0, 0.05) is 28.2 Å². The summed E-state index contributed by atoms with van der Waals surface area (Å²) < 4.78 is 5.82. The predicted octanol–water partition coefficient (Wildman–Crippen LogP) is 3.31. The zero-order valence-corrected chi connectivity index (χ0v) is 10.5. The summed E-state index contributed by atoms with van der Waals surface area (Å²) in [6.45, 7) is 1.90. The SMILES string of the molecule is Cc1cc(Oc2ccc(N)c3ccccc23)ncn1. The first kappa shape index (κ1) is 11.5. The molecule has 0 saturated heterocycles. The zero-order valence-electron chi connectivity index (χ0n) is 10.5. The minimum Gasteiger partial charge on any atom is -0.438 e. The number of hydrogen-bond donors (Lipinski definition) is 1. The van der Waals surface area contributed by atoms with E-state index in [0.29, 0.717) is 5.88 Å². The molecule has 19 heavy (non-hydrogen) atoms. The van der Waals surface area contributed by atoms with Gasteiger partial charge in [-0.1, -0.05) is 24.3 Å². The lowest BCUT2D eigenvalue weighted by atomic mass is 10.1. The number of nitrogens with zero attached hydrogens (tertiary/aromatic N) is 2. The highest BCUT2D eigenvalue weighted by Gasteiger charge is 2.06. The number of benzene rings is 2. The van der Waals surface area contributed by atoms with E-state index in [0.717, 1.165) is 27.9 Å². The van der Waals surface area contributed by atoms with Gasteiger partial charge in [-0.25, -0.2) is 9.97 Å². The summed E-state index contributed by atoms with van der Waals surface area (Å²) in [4.78, 5) is 8.15. The van der Waals surface area contributed by atoms with E-state index in [1.54, 1.807) is 6.07 Å². The Balaban J connectivity index is 2.09. The van der Waals surface area contributed by atoms with E-state index >= 15 is 0 Å². The Hall–Kier alpha value is -2.62. The summed E-state index contributed by atoms with van der Waals surface area (Å²) in [6, 6.07) is 13.4. The van der Waals surface area contributed by atoms with Gasteiger partial charge in [0.1, 0.15) is 12.1 Å². The van der Waals surface area contributed by atoms with Gasteiger partial charge >= 0.3 is 0 Å². The summed E-state index contributed by atoms with van der Waals surface area (Å²) in [7, 11) is 0. The third kappa shape index (κ3) is 2.20. The lowest BCUT2D eigenvalue weighted by Gasteiger charge is -2.09. The number of rotatable bonds is 2. The highest BCUT2D eigenvalue weighted by molar-refractivity contribution is 5.97. The van der Waals surface area contributed by atoms with E-state index in [1.165, 1.54) is 6.33 Å². The lowest BCUT2D eigenvalue weighted by Crippen LogP contribution is -1.93. The number of aromatic nitrogens is 2. The molecule has 2 aromatic carbocycles. The fraction of sp³-hybridized carbons (Fsp3) is 0.0667. The van der Waals surface area contributed by atoms with Crippen LogP contribution in [0.1, 0.15) is 5.69 Å². The molecule has 0 unspecified atom stereocenters. The van der Waals surface area contributed by atoms with Crippen molar-refractivity contribution in [3.05, 3.63) is 54.5 Å². The summed E-state index contributed by atoms with van der Waals surface area (Å²) >= 11 is 0. The first-order valence-electron chi connectivity index (χ1n) is 5.98. The molecule has 4 heteroatoms. The fourth-order valence-electron chi connectivity index (χ4n) is 1.98. The molecule has 0 saturated carbocycles. The largest absolute Gasteiger partial charge is 0.438 e. The highest BCUT2D eigenvalue weighted by atomic mass is 16.5. The van der Waals surface area contributed by atoms with Crippen LogP contribution < -0.4 is 10.5 Å². The second-order valence-electron chi connectivity index (χ2n) is 4.30. The molecular weight excluding hydrogens is 238 g/mol. The van der Waals surface area contributed by atoms with Crippen LogP contribution in [0.15, 0.2) is 48.8 Å². The van der Waals surface area contributed by atoms with Crippen molar-refractivity contribution < 1.29 is 4.74 Å². The fourth-order valence-corrected chi connectivity index (χ4v) is 1.98. The molecule has 0 atom stereocenters. The average molecular weight is 251 g/mol. The number of nitrogens with two attached hydrogens (primary N) is 1. The van der Waals surface area contributed by atoms with Gasteiger partial charge in [0.2, 0.25) is 5.88 Å². The van der Waals surface area contributed by atoms with Crippen molar-refractivity contribution in [3.63, 3.8) is 0 Å². The molecular formula is C15H13N3O. The summed E-state index contributed by atoms with van der Waals surface area (Å²) in [5, 5.41) is 1.95. The van der Waals surface area contributed by atoms with Crippen LogP contribution in [0.3, 0.4) is 0 Å². The molecule has 0 radical (unpaired) electrons. The molecule has 0 aliphatic rings. The van der Waals surface area contributed by atoms with E-state index in [2.05, 4.69) is 9.97 Å². The molecule has 0 spiro atoms. The van der Waals surface area contributed by atoms with Gasteiger partial charge < -0.3 is 10.5 Å². The van der Waals surface area contributed by atoms with Crippen molar-refractivity contribution >= 4 is 16.5 Å². The van der Waals surface area contributed by atoms with Gasteiger partial charge in [-0.2, -0.15) is 0 Å². The predicted molar refractivity (Wildman–Crippen MR) is 75.2 cm³/mol. The molecule has 0 bridgehead atoms. The molecule has 94 valence electrons. The Kier molecular flexibility index (Phi) is 2.76. The lowest BCUT2D eigenvalue weighted by molar-refractivity contribution is 0.466. The van der Waals surface area contributed by atoms with Crippen molar-refractivity contribution in [2.75, 3.05) is 5.73 Å². The molecule has 4 nitrogen and oxygen atoms in total. The number of hydrogen-bond acceptors (Lipinski definition) is 4. The smallest absolute Gasteiger partial charge is 0.222 e. The van der Waals surface area contributed by atoms with Gasteiger partial charge in [-0.3, -0.25) is 0 Å². The third-order valence-electron chi connectivity index (χ3n) is 2.91. The average Bonchev–Trinajstić information content (AvgIpc) is 2.42. The van der Waals surface area contributed by atoms with Crippen molar-refractivity contribution in [2.24, 2.45) is 0 Å². The summed E-state index contributed by atoms with van der Waals surface area (Å²) in [5.41, 5.74) is 7.56. The van der Waals surface area contributed by atoms with Crippen LogP contribution in [0.4, 0.5) is 5.69 Å². The Morgan fingerprint density at radius 1 is 1.00 bits per heavy atom. The maximum Gasteiger partial charge on any atom is 0.222 e. The van der Waals surface area contributed by atoms with Crippen LogP contribution >= 0.6 is 0 Å². The van der Waals surface area contributed by atoms with E-state index in [1.807, 2.05) is 43.3 Å². The van der Waals surface area contributed by atoms with E-state index in [4.69, 9.17) is 10.5 Å². The van der Waals surface area contributed by atoms with Crippen molar-refractivity contribution in [2.45, 2.75) is 6.92 Å². The van der Waals surface area contributed by atoms with E-state index in [9.17, 15) is 0 Å². The molecule has 3 rings (SSSR count). The maximum atomic E-state index is 5.96. The standard InChI is InChI=1S/C15H13N3O/c1-10-8-15(18-9-17-10)19-14-7-6-13(16)11-4-2-3-5-12(11)14/h2-9H,16H2,1H3. The quantitative estimate of drug-likeness (QED) is 0.710. The van der Waals surface area contributed by atoms with Crippen molar-refractivity contribution in [1.82, 2.24) is 9.97 Å². The molecule has 2 N–H and O–H groups in total. The zero-order chi connectivity index (χ0) is 13.2. The molecule has 0 amide bonds. The second-order valence-corrected chi connectivity index (χ2v) is 4.30. The number of aryl methyl sites for hydroxylation is 1. The topological polar surface area (TPSA) is 61.0 Å². The minimum absolute atomic E-state index is 0.530. The van der Waals surface area contributed by atoms with Gasteiger partial charge in [0.15, 0.2) is 0 Å². The molecule has 1 aromatic heterocycles. The molecule has 0 aliphatic carbocycles. The van der Waals surface area contributed by atoms with E-state index in [-0.39, 0.29) is 0 Å². The normalized spacial score (nSPS) is 10.6. The minimum atomic E-state index is 0.530. The van der Waals surface area contributed by atoms with Gasteiger partial charge in [0.05, 0.1) is 0 Å². The van der Waals surface area contributed by atoms with Gasteiger partial charge in [-0.05, 0) is 19.1 Å². The monoisotopic (exact) mass is 251 g/mol. The van der Waals surface area contributed by atoms with Crippen LogP contribution in [-0.2, 0) is 0 Å². The number of anilines is 1. The molecule has 0 aliphatic heterocycles. The number of nitrogen functional groups attached to an aromatic ring is 1. The van der Waals surface area contributed by atoms with Crippen molar-refractivity contribution in [1.29, 1.82) is 0 Å². The number of fused-ring (bicyclic) bond motifs is 1. The Morgan fingerprint density at radius 3 is 2.58 bits per heavy atom. The Labute approximate surface area is 110 Å². The Bertz CT molecular complexity index is 740. The first-order valence-corrected chi connectivity index (χ1v) is 5.98. The molecule has 0 fully saturated rings. The highest BCUT2D eigenvalue weighted by Crippen LogP contribution is 2.32. The summed E-state index contributed by atoms with van der Waals surface area (Å²) in [6.07, 6.45) is 1.49. The Morgan fingerprint density at radius 2 is 1.79 bits per heavy atom. The molecule has 3 aromatic rings. The van der Waals surface area contributed by atoms with Crippen LogP contribution in [-0.4, -0.2) is 9.97 Å². The molecule has 1 heterocycles. The van der Waals surface area contributed by atoms with Gasteiger partial charge in [-0.15, -0.1) is 0 Å². The van der Waals surface area contributed by atoms with Crippen LogP contribution in [0.5, 0.6) is 11.6 Å².